The molecule has 2 aromatic carbocycles. The van der Waals surface area contributed by atoms with E-state index in [1.54, 1.807) is 14.2 Å². The van der Waals surface area contributed by atoms with Crippen molar-refractivity contribution >= 4 is 0 Å². The van der Waals surface area contributed by atoms with Gasteiger partial charge in [-0.1, -0.05) is 60.7 Å². The van der Waals surface area contributed by atoms with E-state index in [1.807, 2.05) is 24.3 Å². The van der Waals surface area contributed by atoms with Crippen molar-refractivity contribution in [1.29, 1.82) is 0 Å². The average Bonchev–Trinajstić information content (AvgIpc) is 2.53. The van der Waals surface area contributed by atoms with Crippen molar-refractivity contribution in [2.75, 3.05) is 14.2 Å². The molecule has 0 N–H and O–H groups in total. The number of rotatable bonds is 6. The molecule has 0 saturated carbocycles. The first kappa shape index (κ1) is 14.8. The highest BCUT2D eigenvalue weighted by atomic mass is 16.5. The summed E-state index contributed by atoms with van der Waals surface area (Å²) in [7, 11) is 3.51. The predicted octanol–water partition coefficient (Wildman–Crippen LogP) is 4.19. The van der Waals surface area contributed by atoms with Crippen LogP contribution in [0.4, 0.5) is 0 Å². The van der Waals surface area contributed by atoms with Gasteiger partial charge >= 0.3 is 0 Å². The van der Waals surface area contributed by atoms with Crippen LogP contribution in [-0.2, 0) is 9.47 Å². The Labute approximate surface area is 121 Å². The minimum absolute atomic E-state index is 0.0199. The Morgan fingerprint density at radius 3 is 1.65 bits per heavy atom. The summed E-state index contributed by atoms with van der Waals surface area (Å²) in [5.74, 6) is 0.161. The van der Waals surface area contributed by atoms with E-state index in [-0.39, 0.29) is 18.1 Å². The summed E-state index contributed by atoms with van der Waals surface area (Å²) in [6, 6.07) is 20.7. The Kier molecular flexibility index (Phi) is 5.33. The van der Waals surface area contributed by atoms with E-state index in [9.17, 15) is 0 Å². The second-order valence-electron chi connectivity index (χ2n) is 4.94. The molecule has 0 unspecified atom stereocenters. The van der Waals surface area contributed by atoms with Crippen LogP contribution in [-0.4, -0.2) is 20.3 Å². The monoisotopic (exact) mass is 270 g/mol. The smallest absolute Gasteiger partial charge is 0.0914 e. The van der Waals surface area contributed by atoms with Crippen LogP contribution in [0.2, 0.25) is 0 Å². The molecule has 2 heteroatoms. The molecule has 0 aromatic heterocycles. The van der Waals surface area contributed by atoms with Gasteiger partial charge in [0.25, 0.3) is 0 Å². The van der Waals surface area contributed by atoms with Crippen LogP contribution in [0.3, 0.4) is 0 Å². The Morgan fingerprint density at radius 2 is 1.20 bits per heavy atom. The molecule has 0 saturated heterocycles. The molecule has 0 fully saturated rings. The van der Waals surface area contributed by atoms with E-state index in [2.05, 4.69) is 43.3 Å². The van der Waals surface area contributed by atoms with Gasteiger partial charge in [0.1, 0.15) is 0 Å². The summed E-state index contributed by atoms with van der Waals surface area (Å²) < 4.78 is 11.4. The number of methoxy groups -OCH3 is 2. The van der Waals surface area contributed by atoms with Gasteiger partial charge in [0.05, 0.1) is 12.2 Å². The third-order valence-electron chi connectivity index (χ3n) is 3.77. The molecule has 0 spiro atoms. The summed E-state index contributed by atoms with van der Waals surface area (Å²) >= 11 is 0. The van der Waals surface area contributed by atoms with Gasteiger partial charge in [0, 0.05) is 20.1 Å². The number of hydrogen-bond donors (Lipinski definition) is 0. The van der Waals surface area contributed by atoms with Crippen LogP contribution in [0, 0.1) is 0 Å². The first-order valence-corrected chi connectivity index (χ1v) is 6.93. The molecule has 20 heavy (non-hydrogen) atoms. The topological polar surface area (TPSA) is 18.5 Å². The van der Waals surface area contributed by atoms with Gasteiger partial charge in [0.2, 0.25) is 0 Å². The maximum atomic E-state index is 5.80. The second-order valence-corrected chi connectivity index (χ2v) is 4.94. The van der Waals surface area contributed by atoms with Gasteiger partial charge in [-0.15, -0.1) is 0 Å². The molecule has 106 valence electrons. The van der Waals surface area contributed by atoms with Crippen molar-refractivity contribution in [3.05, 3.63) is 71.8 Å². The first-order chi connectivity index (χ1) is 9.77. The summed E-state index contributed by atoms with van der Waals surface area (Å²) in [5.41, 5.74) is 2.41. The van der Waals surface area contributed by atoms with Crippen molar-refractivity contribution < 1.29 is 9.47 Å². The third kappa shape index (κ3) is 3.27. The van der Waals surface area contributed by atoms with Crippen LogP contribution >= 0.6 is 0 Å². The van der Waals surface area contributed by atoms with Crippen LogP contribution in [0.5, 0.6) is 0 Å². The standard InChI is InChI=1S/C18H22O2/c1-14(19-2)17(15-10-6-4-7-11-15)18(20-3)16-12-8-5-9-13-16/h4-14,17-18H,1-3H3/t14-,17-,18-/m0/s1. The van der Waals surface area contributed by atoms with E-state index >= 15 is 0 Å². The quantitative estimate of drug-likeness (QED) is 0.783. The fraction of sp³-hybridized carbons (Fsp3) is 0.333. The van der Waals surface area contributed by atoms with Crippen molar-refractivity contribution in [3.63, 3.8) is 0 Å². The summed E-state index contributed by atoms with van der Waals surface area (Å²) in [6.45, 7) is 2.09. The van der Waals surface area contributed by atoms with E-state index < -0.39 is 0 Å². The minimum atomic E-state index is -0.0199. The van der Waals surface area contributed by atoms with Gasteiger partial charge in [-0.25, -0.2) is 0 Å². The Morgan fingerprint density at radius 1 is 0.700 bits per heavy atom. The largest absolute Gasteiger partial charge is 0.381 e. The molecule has 0 aliphatic carbocycles. The molecule has 0 aliphatic rings. The molecular formula is C18H22O2. The molecule has 0 aliphatic heterocycles. The van der Waals surface area contributed by atoms with E-state index in [4.69, 9.17) is 9.47 Å². The van der Waals surface area contributed by atoms with Gasteiger partial charge in [0.15, 0.2) is 0 Å². The predicted molar refractivity (Wildman–Crippen MR) is 81.8 cm³/mol. The molecule has 3 atom stereocenters. The maximum absolute atomic E-state index is 5.80. The molecule has 0 bridgehead atoms. The third-order valence-corrected chi connectivity index (χ3v) is 3.77. The summed E-state index contributed by atoms with van der Waals surface area (Å²) in [5, 5.41) is 0. The van der Waals surface area contributed by atoms with E-state index in [0.717, 1.165) is 0 Å². The lowest BCUT2D eigenvalue weighted by Crippen LogP contribution is -2.25. The fourth-order valence-corrected chi connectivity index (χ4v) is 2.65. The molecule has 2 rings (SSSR count). The number of hydrogen-bond acceptors (Lipinski definition) is 2. The van der Waals surface area contributed by atoms with E-state index in [1.165, 1.54) is 11.1 Å². The average molecular weight is 270 g/mol. The SMILES string of the molecule is CO[C@@H](C)[C@@H](c1ccccc1)[C@@H](OC)c1ccccc1. The van der Waals surface area contributed by atoms with Crippen LogP contribution in [0.1, 0.15) is 30.1 Å². The van der Waals surface area contributed by atoms with Gasteiger partial charge in [-0.3, -0.25) is 0 Å². The first-order valence-electron chi connectivity index (χ1n) is 6.93. The van der Waals surface area contributed by atoms with Gasteiger partial charge in [-0.05, 0) is 18.1 Å². The highest BCUT2D eigenvalue weighted by Gasteiger charge is 2.29. The summed E-state index contributed by atoms with van der Waals surface area (Å²) in [4.78, 5) is 0. The van der Waals surface area contributed by atoms with Crippen molar-refractivity contribution in [1.82, 2.24) is 0 Å². The Bertz CT molecular complexity index is 495. The molecule has 2 nitrogen and oxygen atoms in total. The molecule has 0 radical (unpaired) electrons. The van der Waals surface area contributed by atoms with Crippen LogP contribution < -0.4 is 0 Å². The lowest BCUT2D eigenvalue weighted by atomic mass is 9.85. The Balaban J connectivity index is 2.39. The van der Waals surface area contributed by atoms with E-state index in [0.29, 0.717) is 0 Å². The molecule has 0 heterocycles. The normalized spacial score (nSPS) is 15.6. The van der Waals surface area contributed by atoms with Crippen LogP contribution in [0.15, 0.2) is 60.7 Å². The number of ether oxygens (including phenoxy) is 2. The fourth-order valence-electron chi connectivity index (χ4n) is 2.65. The number of benzene rings is 2. The maximum Gasteiger partial charge on any atom is 0.0914 e. The van der Waals surface area contributed by atoms with Gasteiger partial charge < -0.3 is 9.47 Å². The highest BCUT2D eigenvalue weighted by Crippen LogP contribution is 2.37. The zero-order chi connectivity index (χ0) is 14.4. The minimum Gasteiger partial charge on any atom is -0.381 e. The zero-order valence-corrected chi connectivity index (χ0v) is 12.3. The summed E-state index contributed by atoms with van der Waals surface area (Å²) in [6.07, 6.45) is 0.0520. The van der Waals surface area contributed by atoms with Crippen molar-refractivity contribution in [2.24, 2.45) is 0 Å². The molecular weight excluding hydrogens is 248 g/mol. The van der Waals surface area contributed by atoms with Crippen molar-refractivity contribution in [2.45, 2.75) is 25.0 Å². The molecule has 0 amide bonds. The molecule has 2 aromatic rings. The zero-order valence-electron chi connectivity index (χ0n) is 12.3. The lowest BCUT2D eigenvalue weighted by molar-refractivity contribution is 0.00673. The Hall–Kier alpha value is -1.64. The lowest BCUT2D eigenvalue weighted by Gasteiger charge is -2.31. The second kappa shape index (κ2) is 7.22. The van der Waals surface area contributed by atoms with Crippen LogP contribution in [0.25, 0.3) is 0 Å². The van der Waals surface area contributed by atoms with Crippen molar-refractivity contribution in [3.8, 4) is 0 Å². The van der Waals surface area contributed by atoms with Gasteiger partial charge in [-0.2, -0.15) is 0 Å². The highest BCUT2D eigenvalue weighted by molar-refractivity contribution is 5.28.